The molecule has 11 nitrogen and oxygen atoms in total. The lowest BCUT2D eigenvalue weighted by molar-refractivity contribution is -0.170. The number of nitrogens with zero attached hydrogens (tertiary/aromatic N) is 1. The molecule has 0 radical (unpaired) electrons. The van der Waals surface area contributed by atoms with Gasteiger partial charge in [-0.05, 0) is 25.3 Å². The number of aliphatic hydroxyl groups is 1. The molecule has 1 amide bonds. The summed E-state index contributed by atoms with van der Waals surface area (Å²) in [5, 5.41) is 36.9. The molecule has 0 aromatic heterocycles. The van der Waals surface area contributed by atoms with Crippen molar-refractivity contribution in [2.24, 2.45) is 5.92 Å². The predicted molar refractivity (Wildman–Crippen MR) is 161 cm³/mol. The molecule has 0 aliphatic carbocycles. The van der Waals surface area contributed by atoms with Gasteiger partial charge in [-0.25, -0.2) is 4.79 Å². The lowest BCUT2D eigenvalue weighted by Crippen LogP contribution is -2.42. The number of amides is 1. The fourth-order valence-corrected chi connectivity index (χ4v) is 4.76. The van der Waals surface area contributed by atoms with Crippen molar-refractivity contribution in [3.05, 3.63) is 0 Å². The number of carbonyl (C=O) groups excluding carboxylic acids is 1. The largest absolute Gasteiger partial charge is 0.481 e. The molecule has 1 rings (SSSR count). The maximum absolute atomic E-state index is 11.9. The van der Waals surface area contributed by atoms with Gasteiger partial charge in [-0.1, -0.05) is 90.9 Å². The SMILES string of the molecule is CC(C)CCCCCCCCCCCCCCC(=O)NCCCN1CCOCC1.O=C(O)CC(O)(CC(=O)O)C(=O)O. The van der Waals surface area contributed by atoms with Crippen LogP contribution >= 0.6 is 0 Å². The minimum absolute atomic E-state index is 0.236. The van der Waals surface area contributed by atoms with Crippen LogP contribution in [0, 0.1) is 5.92 Å². The summed E-state index contributed by atoms with van der Waals surface area (Å²) in [6, 6.07) is 0. The first-order chi connectivity index (χ1) is 20.0. The van der Waals surface area contributed by atoms with Crippen molar-refractivity contribution in [2.75, 3.05) is 39.4 Å². The fraction of sp³-hybridized carbons (Fsp3) is 0.871. The standard InChI is InChI=1S/C25H50N2O2.C6H8O7/c1-24(2)16-13-11-9-7-5-3-4-6-8-10-12-14-17-25(28)26-18-15-19-27-20-22-29-23-21-27;7-3(8)1-6(13,5(11)12)2-4(9)10/h24H,3-23H2,1-2H3,(H,26,28);13H,1-2H2,(H,7,8)(H,9,10)(H,11,12). The number of carbonyl (C=O) groups is 4. The van der Waals surface area contributed by atoms with E-state index in [1.807, 2.05) is 0 Å². The Kier molecular flexibility index (Phi) is 23.9. The number of morpholine rings is 1. The monoisotopic (exact) mass is 602 g/mol. The second kappa shape index (κ2) is 25.3. The van der Waals surface area contributed by atoms with E-state index >= 15 is 0 Å². The minimum Gasteiger partial charge on any atom is -0.481 e. The number of unbranched alkanes of at least 4 members (excludes halogenated alkanes) is 11. The number of rotatable bonds is 24. The van der Waals surface area contributed by atoms with Gasteiger partial charge in [0.2, 0.25) is 5.91 Å². The van der Waals surface area contributed by atoms with E-state index in [1.165, 1.54) is 77.0 Å². The van der Waals surface area contributed by atoms with Gasteiger partial charge in [-0.15, -0.1) is 0 Å². The van der Waals surface area contributed by atoms with Crippen molar-refractivity contribution in [2.45, 2.75) is 129 Å². The van der Waals surface area contributed by atoms with Crippen molar-refractivity contribution >= 4 is 23.8 Å². The first-order valence-corrected chi connectivity index (χ1v) is 15.9. The Morgan fingerprint density at radius 3 is 1.62 bits per heavy atom. The summed E-state index contributed by atoms with van der Waals surface area (Å²) in [5.74, 6) is -3.91. The molecular weight excluding hydrogens is 544 g/mol. The van der Waals surface area contributed by atoms with E-state index in [1.54, 1.807) is 0 Å². The van der Waals surface area contributed by atoms with Crippen molar-refractivity contribution in [1.82, 2.24) is 10.2 Å². The Balaban J connectivity index is 0.00000108. The smallest absolute Gasteiger partial charge is 0.336 e. The maximum Gasteiger partial charge on any atom is 0.336 e. The Morgan fingerprint density at radius 2 is 1.19 bits per heavy atom. The van der Waals surface area contributed by atoms with Gasteiger partial charge >= 0.3 is 17.9 Å². The topological polar surface area (TPSA) is 174 Å². The van der Waals surface area contributed by atoms with Crippen LogP contribution in [-0.4, -0.2) is 94.1 Å². The van der Waals surface area contributed by atoms with Crippen LogP contribution in [0.3, 0.4) is 0 Å². The maximum atomic E-state index is 11.9. The molecule has 42 heavy (non-hydrogen) atoms. The summed E-state index contributed by atoms with van der Waals surface area (Å²) in [4.78, 5) is 44.8. The number of carboxylic acid groups (broad SMARTS) is 3. The highest BCUT2D eigenvalue weighted by atomic mass is 16.5. The summed E-state index contributed by atoms with van der Waals surface area (Å²) >= 11 is 0. The van der Waals surface area contributed by atoms with Crippen LogP contribution in [0.4, 0.5) is 0 Å². The fourth-order valence-electron chi connectivity index (χ4n) is 4.76. The van der Waals surface area contributed by atoms with Crippen molar-refractivity contribution in [1.29, 1.82) is 0 Å². The summed E-state index contributed by atoms with van der Waals surface area (Å²) in [6.07, 6.45) is 17.1. The van der Waals surface area contributed by atoms with Gasteiger partial charge in [0.25, 0.3) is 0 Å². The van der Waals surface area contributed by atoms with Crippen LogP contribution < -0.4 is 5.32 Å². The summed E-state index contributed by atoms with van der Waals surface area (Å²) in [6.45, 7) is 10.3. The summed E-state index contributed by atoms with van der Waals surface area (Å²) in [5.41, 5.74) is -2.74. The van der Waals surface area contributed by atoms with Crippen LogP contribution in [0.25, 0.3) is 0 Å². The molecule has 246 valence electrons. The van der Waals surface area contributed by atoms with E-state index in [0.29, 0.717) is 6.42 Å². The highest BCUT2D eigenvalue weighted by Gasteiger charge is 2.40. The molecule has 1 heterocycles. The molecule has 1 aliphatic heterocycles. The second-order valence-corrected chi connectivity index (χ2v) is 11.8. The number of hydrogen-bond donors (Lipinski definition) is 5. The van der Waals surface area contributed by atoms with Gasteiger partial charge in [0.05, 0.1) is 26.1 Å². The molecule has 0 bridgehead atoms. The molecular formula is C31H58N2O9. The average Bonchev–Trinajstić information content (AvgIpc) is 2.91. The molecule has 0 aromatic carbocycles. The van der Waals surface area contributed by atoms with Crippen LogP contribution in [0.2, 0.25) is 0 Å². The Morgan fingerprint density at radius 1 is 0.738 bits per heavy atom. The number of ether oxygens (including phenoxy) is 1. The third kappa shape index (κ3) is 24.4. The lowest BCUT2D eigenvalue weighted by Gasteiger charge is -2.26. The molecule has 0 spiro atoms. The third-order valence-electron chi connectivity index (χ3n) is 7.30. The van der Waals surface area contributed by atoms with Gasteiger partial charge in [0.15, 0.2) is 5.60 Å². The molecule has 0 aromatic rings. The van der Waals surface area contributed by atoms with E-state index in [9.17, 15) is 19.2 Å². The van der Waals surface area contributed by atoms with Gasteiger partial charge in [0.1, 0.15) is 0 Å². The van der Waals surface area contributed by atoms with Gasteiger partial charge in [-0.2, -0.15) is 0 Å². The van der Waals surface area contributed by atoms with Crippen molar-refractivity contribution in [3.63, 3.8) is 0 Å². The zero-order valence-electron chi connectivity index (χ0n) is 26.1. The van der Waals surface area contributed by atoms with Crippen molar-refractivity contribution < 1.29 is 44.3 Å². The highest BCUT2D eigenvalue weighted by Crippen LogP contribution is 2.16. The first kappa shape index (κ1) is 39.8. The van der Waals surface area contributed by atoms with Crippen LogP contribution in [-0.2, 0) is 23.9 Å². The summed E-state index contributed by atoms with van der Waals surface area (Å²) in [7, 11) is 0. The molecule has 1 saturated heterocycles. The molecule has 11 heteroatoms. The van der Waals surface area contributed by atoms with E-state index in [2.05, 4.69) is 24.1 Å². The van der Waals surface area contributed by atoms with Gasteiger partial charge in [-0.3, -0.25) is 19.3 Å². The van der Waals surface area contributed by atoms with Crippen LogP contribution in [0.5, 0.6) is 0 Å². The van der Waals surface area contributed by atoms with Gasteiger partial charge in [0, 0.05) is 26.1 Å². The number of aliphatic carboxylic acids is 3. The Labute approximate surface area is 252 Å². The quantitative estimate of drug-likeness (QED) is 0.0975. The highest BCUT2D eigenvalue weighted by molar-refractivity contribution is 5.88. The summed E-state index contributed by atoms with van der Waals surface area (Å²) < 4.78 is 5.35. The molecule has 5 N–H and O–H groups in total. The number of hydrogen-bond acceptors (Lipinski definition) is 7. The lowest BCUT2D eigenvalue weighted by atomic mass is 9.96. The molecule has 1 fully saturated rings. The average molecular weight is 603 g/mol. The van der Waals surface area contributed by atoms with Crippen LogP contribution in [0.15, 0.2) is 0 Å². The zero-order valence-corrected chi connectivity index (χ0v) is 26.1. The van der Waals surface area contributed by atoms with Crippen LogP contribution in [0.1, 0.15) is 123 Å². The Bertz CT molecular complexity index is 724. The molecule has 0 saturated carbocycles. The Hall–Kier alpha value is -2.24. The van der Waals surface area contributed by atoms with E-state index < -0.39 is 36.4 Å². The normalized spacial score (nSPS) is 13.8. The second-order valence-electron chi connectivity index (χ2n) is 11.8. The van der Waals surface area contributed by atoms with Gasteiger partial charge < -0.3 is 30.5 Å². The third-order valence-corrected chi connectivity index (χ3v) is 7.30. The molecule has 0 atom stereocenters. The van der Waals surface area contributed by atoms with Crippen molar-refractivity contribution in [3.8, 4) is 0 Å². The predicted octanol–water partition coefficient (Wildman–Crippen LogP) is 4.69. The van der Waals surface area contributed by atoms with E-state index in [-0.39, 0.29) is 5.91 Å². The minimum atomic E-state index is -2.74. The molecule has 0 unspecified atom stereocenters. The van der Waals surface area contributed by atoms with E-state index in [0.717, 1.165) is 58.2 Å². The first-order valence-electron chi connectivity index (χ1n) is 15.9. The van der Waals surface area contributed by atoms with E-state index in [4.69, 9.17) is 25.2 Å². The molecule has 1 aliphatic rings. The zero-order chi connectivity index (χ0) is 31.6. The number of carboxylic acids is 3. The number of nitrogens with one attached hydrogen (secondary N) is 1.